The summed E-state index contributed by atoms with van der Waals surface area (Å²) in [5, 5.41) is 1.34. The predicted octanol–water partition coefficient (Wildman–Crippen LogP) is 1.84. The molecule has 0 amide bonds. The van der Waals surface area contributed by atoms with Gasteiger partial charge in [0.15, 0.2) is 0 Å². The van der Waals surface area contributed by atoms with E-state index >= 15 is 0 Å². The molecule has 2 heteroatoms. The van der Waals surface area contributed by atoms with Crippen molar-refractivity contribution in [3.8, 4) is 0 Å². The minimum absolute atomic E-state index is 0.168. The monoisotopic (exact) mass is 192 g/mol. The van der Waals surface area contributed by atoms with E-state index in [-0.39, 0.29) is 6.10 Å². The molecule has 0 aliphatic carbocycles. The van der Waals surface area contributed by atoms with Crippen LogP contribution in [0.1, 0.15) is 6.92 Å². The Kier molecular flexibility index (Phi) is 3.93. The lowest BCUT2D eigenvalue weighted by Gasteiger charge is -2.15. The predicted molar refractivity (Wildman–Crippen MR) is 59.8 cm³/mol. The van der Waals surface area contributed by atoms with Crippen molar-refractivity contribution in [2.24, 2.45) is 0 Å². The second kappa shape index (κ2) is 4.99. The summed E-state index contributed by atoms with van der Waals surface area (Å²) < 4.78 is 5.81. The van der Waals surface area contributed by atoms with Crippen LogP contribution in [-0.2, 0) is 4.43 Å². The molecule has 0 spiro atoms. The van der Waals surface area contributed by atoms with Crippen LogP contribution < -0.4 is 5.19 Å². The van der Waals surface area contributed by atoms with Gasteiger partial charge in [0.05, 0.1) is 6.10 Å². The van der Waals surface area contributed by atoms with Crippen molar-refractivity contribution in [1.82, 2.24) is 0 Å². The quantitative estimate of drug-likeness (QED) is 0.522. The first-order valence-corrected chi connectivity index (χ1v) is 6.77. The molecule has 2 atom stereocenters. The third kappa shape index (κ3) is 3.17. The SMILES string of the molecule is C=CC(C)O[SiH](C)c1ccccc1. The van der Waals surface area contributed by atoms with Gasteiger partial charge in [-0.3, -0.25) is 0 Å². The Morgan fingerprint density at radius 2 is 2.00 bits per heavy atom. The van der Waals surface area contributed by atoms with Gasteiger partial charge in [-0.25, -0.2) is 0 Å². The first-order chi connectivity index (χ1) is 6.24. The largest absolute Gasteiger partial charge is 0.410 e. The minimum atomic E-state index is -1.21. The molecule has 0 fully saturated rings. The summed E-state index contributed by atoms with van der Waals surface area (Å²) in [6.45, 7) is 7.92. The lowest BCUT2D eigenvalue weighted by molar-refractivity contribution is 0.280. The fraction of sp³-hybridized carbons (Fsp3) is 0.273. The first kappa shape index (κ1) is 10.2. The molecule has 0 N–H and O–H groups in total. The molecule has 0 bridgehead atoms. The third-order valence-corrected chi connectivity index (χ3v) is 4.18. The highest BCUT2D eigenvalue weighted by Crippen LogP contribution is 1.96. The molecule has 13 heavy (non-hydrogen) atoms. The van der Waals surface area contributed by atoms with Crippen LogP contribution in [0.15, 0.2) is 43.0 Å². The second-order valence-corrected chi connectivity index (χ2v) is 5.35. The van der Waals surface area contributed by atoms with Crippen LogP contribution in [0.3, 0.4) is 0 Å². The number of hydrogen-bond donors (Lipinski definition) is 0. The first-order valence-electron chi connectivity index (χ1n) is 4.57. The van der Waals surface area contributed by atoms with Crippen LogP contribution >= 0.6 is 0 Å². The molecule has 1 nitrogen and oxygen atoms in total. The van der Waals surface area contributed by atoms with Crippen molar-refractivity contribution >= 4 is 14.2 Å². The van der Waals surface area contributed by atoms with Crippen molar-refractivity contribution in [2.75, 3.05) is 0 Å². The maximum Gasteiger partial charge on any atom is 0.206 e. The minimum Gasteiger partial charge on any atom is -0.410 e. The average Bonchev–Trinajstić information content (AvgIpc) is 2.19. The molecule has 1 aromatic rings. The summed E-state index contributed by atoms with van der Waals surface area (Å²) in [6, 6.07) is 10.4. The molecule has 1 aromatic carbocycles. The van der Waals surface area contributed by atoms with E-state index in [1.807, 2.05) is 19.1 Å². The maximum absolute atomic E-state index is 5.81. The van der Waals surface area contributed by atoms with Crippen molar-refractivity contribution in [3.05, 3.63) is 43.0 Å². The Morgan fingerprint density at radius 1 is 1.38 bits per heavy atom. The standard InChI is InChI=1S/C11H16OSi/c1-4-10(2)12-13(3)11-8-6-5-7-9-11/h4-10,13H,1H2,2-3H3. The Balaban J connectivity index is 2.58. The summed E-state index contributed by atoms with van der Waals surface area (Å²) in [5.74, 6) is 0. The van der Waals surface area contributed by atoms with Gasteiger partial charge in [-0.2, -0.15) is 0 Å². The molecule has 0 heterocycles. The van der Waals surface area contributed by atoms with Crippen molar-refractivity contribution in [1.29, 1.82) is 0 Å². The Labute approximate surface area is 81.8 Å². The van der Waals surface area contributed by atoms with Crippen molar-refractivity contribution < 1.29 is 4.43 Å². The molecule has 2 unspecified atom stereocenters. The second-order valence-electron chi connectivity index (χ2n) is 3.13. The van der Waals surface area contributed by atoms with Crippen LogP contribution in [0.4, 0.5) is 0 Å². The lowest BCUT2D eigenvalue weighted by Crippen LogP contribution is -2.32. The highest BCUT2D eigenvalue weighted by Gasteiger charge is 2.09. The lowest BCUT2D eigenvalue weighted by atomic mass is 10.4. The van der Waals surface area contributed by atoms with Crippen molar-refractivity contribution in [2.45, 2.75) is 19.6 Å². The molecular formula is C11H16OSi. The van der Waals surface area contributed by atoms with Gasteiger partial charge in [0.1, 0.15) is 0 Å². The van der Waals surface area contributed by atoms with E-state index < -0.39 is 9.04 Å². The third-order valence-electron chi connectivity index (χ3n) is 2.02. The summed E-state index contributed by atoms with van der Waals surface area (Å²) >= 11 is 0. The molecule has 0 aliphatic rings. The normalized spacial score (nSPS) is 14.9. The highest BCUT2D eigenvalue weighted by atomic mass is 28.3. The van der Waals surface area contributed by atoms with Crippen LogP contribution in [0.25, 0.3) is 0 Å². The maximum atomic E-state index is 5.81. The van der Waals surface area contributed by atoms with Gasteiger partial charge in [-0.15, -0.1) is 6.58 Å². The Hall–Kier alpha value is -0.863. The molecule has 0 aromatic heterocycles. The van der Waals surface area contributed by atoms with Gasteiger partial charge in [-0.05, 0) is 18.7 Å². The molecule has 0 radical (unpaired) electrons. The van der Waals surface area contributed by atoms with Crippen molar-refractivity contribution in [3.63, 3.8) is 0 Å². The van der Waals surface area contributed by atoms with Crippen LogP contribution in [0, 0.1) is 0 Å². The van der Waals surface area contributed by atoms with Gasteiger partial charge < -0.3 is 4.43 Å². The van der Waals surface area contributed by atoms with Crippen LogP contribution in [-0.4, -0.2) is 15.1 Å². The number of hydrogen-bond acceptors (Lipinski definition) is 1. The summed E-state index contributed by atoms with van der Waals surface area (Å²) in [7, 11) is -1.21. The summed E-state index contributed by atoms with van der Waals surface area (Å²) in [4.78, 5) is 0. The fourth-order valence-corrected chi connectivity index (χ4v) is 2.86. The topological polar surface area (TPSA) is 9.23 Å². The smallest absolute Gasteiger partial charge is 0.206 e. The fourth-order valence-electron chi connectivity index (χ4n) is 1.18. The van der Waals surface area contributed by atoms with E-state index in [9.17, 15) is 0 Å². The molecule has 0 aliphatic heterocycles. The number of rotatable bonds is 4. The van der Waals surface area contributed by atoms with Crippen LogP contribution in [0.5, 0.6) is 0 Å². The van der Waals surface area contributed by atoms with E-state index in [1.165, 1.54) is 5.19 Å². The van der Waals surface area contributed by atoms with E-state index in [2.05, 4.69) is 37.4 Å². The van der Waals surface area contributed by atoms with E-state index in [4.69, 9.17) is 4.43 Å². The molecular weight excluding hydrogens is 176 g/mol. The Bertz CT molecular complexity index is 258. The van der Waals surface area contributed by atoms with Crippen LogP contribution in [0.2, 0.25) is 6.55 Å². The zero-order chi connectivity index (χ0) is 9.68. The van der Waals surface area contributed by atoms with Gasteiger partial charge in [0, 0.05) is 0 Å². The van der Waals surface area contributed by atoms with Gasteiger partial charge >= 0.3 is 0 Å². The summed E-state index contributed by atoms with van der Waals surface area (Å²) in [6.07, 6.45) is 2.01. The summed E-state index contributed by atoms with van der Waals surface area (Å²) in [5.41, 5.74) is 0. The Morgan fingerprint density at radius 3 is 2.54 bits per heavy atom. The molecule has 0 saturated carbocycles. The molecule has 70 valence electrons. The molecule has 0 saturated heterocycles. The van der Waals surface area contributed by atoms with E-state index in [0.29, 0.717) is 0 Å². The van der Waals surface area contributed by atoms with E-state index in [0.717, 1.165) is 0 Å². The molecule has 1 rings (SSSR count). The van der Waals surface area contributed by atoms with Gasteiger partial charge in [0.2, 0.25) is 9.04 Å². The van der Waals surface area contributed by atoms with Gasteiger partial charge in [0.25, 0.3) is 0 Å². The highest BCUT2D eigenvalue weighted by molar-refractivity contribution is 6.66. The van der Waals surface area contributed by atoms with E-state index in [1.54, 1.807) is 0 Å². The average molecular weight is 192 g/mol. The zero-order valence-electron chi connectivity index (χ0n) is 8.23. The number of benzene rings is 1. The van der Waals surface area contributed by atoms with Gasteiger partial charge in [-0.1, -0.05) is 36.4 Å². The zero-order valence-corrected chi connectivity index (χ0v) is 9.39.